The second-order valence-electron chi connectivity index (χ2n) is 4.19. The SMILES string of the molecule is CCCC(Oc1ccccc1C(=O)O)C(=O)OC(=O)CN. The van der Waals surface area contributed by atoms with Crippen LogP contribution < -0.4 is 10.5 Å². The normalized spacial score (nSPS) is 11.5. The number of nitrogens with two attached hydrogens (primary N) is 1. The van der Waals surface area contributed by atoms with Gasteiger partial charge in [0.05, 0.1) is 6.54 Å². The highest BCUT2D eigenvalue weighted by Gasteiger charge is 2.25. The minimum Gasteiger partial charge on any atom is -0.478 e. The number of carboxylic acid groups (broad SMARTS) is 1. The van der Waals surface area contributed by atoms with E-state index in [0.717, 1.165) is 0 Å². The van der Waals surface area contributed by atoms with Crippen molar-refractivity contribution in [3.05, 3.63) is 29.8 Å². The van der Waals surface area contributed by atoms with Crippen LogP contribution >= 0.6 is 0 Å². The molecule has 0 bridgehead atoms. The van der Waals surface area contributed by atoms with Gasteiger partial charge in [0.1, 0.15) is 11.3 Å². The van der Waals surface area contributed by atoms with Gasteiger partial charge in [-0.25, -0.2) is 9.59 Å². The zero-order valence-electron chi connectivity index (χ0n) is 11.6. The van der Waals surface area contributed by atoms with Crippen molar-refractivity contribution in [1.29, 1.82) is 0 Å². The van der Waals surface area contributed by atoms with Gasteiger partial charge in [-0.05, 0) is 18.6 Å². The molecule has 0 spiro atoms. The number of carbonyl (C=O) groups excluding carboxylic acids is 2. The lowest BCUT2D eigenvalue weighted by Crippen LogP contribution is -2.33. The largest absolute Gasteiger partial charge is 0.478 e. The van der Waals surface area contributed by atoms with Gasteiger partial charge >= 0.3 is 17.9 Å². The van der Waals surface area contributed by atoms with Crippen molar-refractivity contribution in [2.24, 2.45) is 5.73 Å². The molecule has 0 fully saturated rings. The molecule has 0 saturated heterocycles. The first-order chi connectivity index (χ1) is 9.99. The number of aromatic carboxylic acids is 1. The molecule has 0 radical (unpaired) electrons. The van der Waals surface area contributed by atoms with E-state index in [1.165, 1.54) is 12.1 Å². The zero-order valence-corrected chi connectivity index (χ0v) is 11.6. The van der Waals surface area contributed by atoms with Crippen molar-refractivity contribution in [3.63, 3.8) is 0 Å². The van der Waals surface area contributed by atoms with E-state index in [1.54, 1.807) is 12.1 Å². The molecule has 21 heavy (non-hydrogen) atoms. The highest BCUT2D eigenvalue weighted by Crippen LogP contribution is 2.21. The van der Waals surface area contributed by atoms with Crippen LogP contribution in [0.2, 0.25) is 0 Å². The second kappa shape index (κ2) is 8.01. The Morgan fingerprint density at radius 1 is 1.29 bits per heavy atom. The third-order valence-electron chi connectivity index (χ3n) is 2.58. The van der Waals surface area contributed by atoms with E-state index in [1.807, 2.05) is 6.92 Å². The molecule has 0 heterocycles. The van der Waals surface area contributed by atoms with Crippen LogP contribution in [0.25, 0.3) is 0 Å². The fraction of sp³-hybridized carbons (Fsp3) is 0.357. The fourth-order valence-electron chi connectivity index (χ4n) is 1.61. The van der Waals surface area contributed by atoms with Gasteiger partial charge < -0.3 is 20.3 Å². The van der Waals surface area contributed by atoms with Crippen LogP contribution in [0.1, 0.15) is 30.1 Å². The minimum absolute atomic E-state index is 0.0422. The van der Waals surface area contributed by atoms with Crippen molar-refractivity contribution in [3.8, 4) is 5.75 Å². The van der Waals surface area contributed by atoms with E-state index in [2.05, 4.69) is 4.74 Å². The van der Waals surface area contributed by atoms with Crippen LogP contribution in [0.3, 0.4) is 0 Å². The molecule has 0 aliphatic carbocycles. The maximum Gasteiger partial charge on any atom is 0.354 e. The standard InChI is InChI=1S/C14H17NO6/c1-2-5-11(14(19)21-12(16)8-15)20-10-7-4-3-6-9(10)13(17)18/h3-4,6-7,11H,2,5,8,15H2,1H3,(H,17,18). The average Bonchev–Trinajstić information content (AvgIpc) is 2.46. The van der Waals surface area contributed by atoms with E-state index >= 15 is 0 Å². The lowest BCUT2D eigenvalue weighted by molar-refractivity contribution is -0.164. The number of ether oxygens (including phenoxy) is 2. The van der Waals surface area contributed by atoms with E-state index in [4.69, 9.17) is 15.6 Å². The summed E-state index contributed by atoms with van der Waals surface area (Å²) in [5, 5.41) is 9.06. The molecule has 3 N–H and O–H groups in total. The van der Waals surface area contributed by atoms with Gasteiger partial charge in [0.15, 0.2) is 6.10 Å². The van der Waals surface area contributed by atoms with Gasteiger partial charge in [-0.15, -0.1) is 0 Å². The Bertz CT molecular complexity index is 528. The first kappa shape index (κ1) is 16.6. The Kier molecular flexibility index (Phi) is 6.35. The van der Waals surface area contributed by atoms with Crippen molar-refractivity contribution < 1.29 is 29.0 Å². The third kappa shape index (κ3) is 4.88. The number of carboxylic acids is 1. The molecule has 114 valence electrons. The number of benzene rings is 1. The summed E-state index contributed by atoms with van der Waals surface area (Å²) in [5.74, 6) is -2.88. The Morgan fingerprint density at radius 3 is 2.52 bits per heavy atom. The molecule has 7 nitrogen and oxygen atoms in total. The monoisotopic (exact) mass is 295 g/mol. The molecule has 7 heteroatoms. The molecule has 0 saturated carbocycles. The summed E-state index contributed by atoms with van der Waals surface area (Å²) in [6, 6.07) is 5.92. The Hall–Kier alpha value is -2.41. The summed E-state index contributed by atoms with van der Waals surface area (Å²) in [4.78, 5) is 33.9. The molecule has 1 aromatic carbocycles. The number of hydrogen-bond acceptors (Lipinski definition) is 6. The molecule has 1 unspecified atom stereocenters. The van der Waals surface area contributed by atoms with Crippen LogP contribution in [0.4, 0.5) is 0 Å². The quantitative estimate of drug-likeness (QED) is 0.568. The van der Waals surface area contributed by atoms with E-state index in [0.29, 0.717) is 6.42 Å². The predicted octanol–water partition coefficient (Wildman–Crippen LogP) is 0.961. The van der Waals surface area contributed by atoms with Crippen molar-refractivity contribution in [2.45, 2.75) is 25.9 Å². The van der Waals surface area contributed by atoms with Crippen molar-refractivity contribution >= 4 is 17.9 Å². The van der Waals surface area contributed by atoms with E-state index in [-0.39, 0.29) is 17.7 Å². The van der Waals surface area contributed by atoms with Gasteiger partial charge in [0.2, 0.25) is 0 Å². The molecule has 0 aromatic heterocycles. The van der Waals surface area contributed by atoms with Crippen LogP contribution in [-0.2, 0) is 14.3 Å². The molecule has 0 aliphatic heterocycles. The van der Waals surface area contributed by atoms with Gasteiger partial charge in [0.25, 0.3) is 0 Å². The number of esters is 2. The highest BCUT2D eigenvalue weighted by molar-refractivity contribution is 5.91. The summed E-state index contributed by atoms with van der Waals surface area (Å²) in [5.41, 5.74) is 4.99. The van der Waals surface area contributed by atoms with Crippen molar-refractivity contribution in [1.82, 2.24) is 0 Å². The number of hydrogen-bond donors (Lipinski definition) is 2. The summed E-state index contributed by atoms with van der Waals surface area (Å²) >= 11 is 0. The number of rotatable bonds is 7. The molecule has 1 atom stereocenters. The average molecular weight is 295 g/mol. The number of para-hydroxylation sites is 1. The molecule has 0 aliphatic rings. The first-order valence-corrected chi connectivity index (χ1v) is 6.43. The first-order valence-electron chi connectivity index (χ1n) is 6.43. The summed E-state index contributed by atoms with van der Waals surface area (Å²) in [6.07, 6.45) is -0.192. The summed E-state index contributed by atoms with van der Waals surface area (Å²) in [6.45, 7) is 1.40. The van der Waals surface area contributed by atoms with Crippen LogP contribution in [-0.4, -0.2) is 35.7 Å². The van der Waals surface area contributed by atoms with E-state index < -0.39 is 30.6 Å². The molecular formula is C14H17NO6. The summed E-state index contributed by atoms with van der Waals surface area (Å²) < 4.78 is 9.92. The minimum atomic E-state index is -1.17. The summed E-state index contributed by atoms with van der Waals surface area (Å²) in [7, 11) is 0. The maximum atomic E-state index is 11.8. The smallest absolute Gasteiger partial charge is 0.354 e. The lowest BCUT2D eigenvalue weighted by atomic mass is 10.1. The fourth-order valence-corrected chi connectivity index (χ4v) is 1.61. The van der Waals surface area contributed by atoms with Crippen LogP contribution in [0.5, 0.6) is 5.75 Å². The van der Waals surface area contributed by atoms with Crippen LogP contribution in [0, 0.1) is 0 Å². The van der Waals surface area contributed by atoms with Gasteiger partial charge in [-0.3, -0.25) is 4.79 Å². The van der Waals surface area contributed by atoms with Crippen molar-refractivity contribution in [2.75, 3.05) is 6.54 Å². The van der Waals surface area contributed by atoms with Crippen LogP contribution in [0.15, 0.2) is 24.3 Å². The van der Waals surface area contributed by atoms with Gasteiger partial charge in [-0.1, -0.05) is 25.5 Å². The second-order valence-corrected chi connectivity index (χ2v) is 4.19. The predicted molar refractivity (Wildman–Crippen MR) is 72.9 cm³/mol. The van der Waals surface area contributed by atoms with E-state index in [9.17, 15) is 14.4 Å². The maximum absolute atomic E-state index is 11.8. The topological polar surface area (TPSA) is 116 Å². The van der Waals surface area contributed by atoms with Gasteiger partial charge in [-0.2, -0.15) is 0 Å². The Balaban J connectivity index is 2.90. The number of carbonyl (C=O) groups is 3. The zero-order chi connectivity index (χ0) is 15.8. The third-order valence-corrected chi connectivity index (χ3v) is 2.58. The molecular weight excluding hydrogens is 278 g/mol. The highest BCUT2D eigenvalue weighted by atomic mass is 16.6. The molecule has 1 rings (SSSR count). The molecule has 1 aromatic rings. The Labute approximate surface area is 121 Å². The van der Waals surface area contributed by atoms with Gasteiger partial charge in [0, 0.05) is 0 Å². The molecule has 0 amide bonds. The Morgan fingerprint density at radius 2 is 1.95 bits per heavy atom. The lowest BCUT2D eigenvalue weighted by Gasteiger charge is -2.17.